The summed E-state index contributed by atoms with van der Waals surface area (Å²) in [4.78, 5) is 37.6. The van der Waals surface area contributed by atoms with E-state index in [1.54, 1.807) is 0 Å². The van der Waals surface area contributed by atoms with Gasteiger partial charge in [-0.2, -0.15) is 0 Å². The molecule has 0 saturated carbocycles. The Kier molecular flexibility index (Phi) is 61.6. The fourth-order valence-electron chi connectivity index (χ4n) is 8.28. The first-order valence-corrected chi connectivity index (χ1v) is 33.6. The molecular weight excluding hydrogens is 1080 g/mol. The molecule has 87 heavy (non-hydrogen) atoms. The molecule has 2 unspecified atom stereocenters. The zero-order chi connectivity index (χ0) is 63.3. The van der Waals surface area contributed by atoms with Gasteiger partial charge in [-0.15, -0.1) is 0 Å². The summed E-state index contributed by atoms with van der Waals surface area (Å²) in [6.07, 6.45) is 99.5. The standard InChI is InChI=1S/C78H121NO8/c1-6-8-10-12-14-16-18-20-22-24-26-28-30-32-34-35-36-37-38-39-40-41-43-45-47-49-51-53-55-57-59-61-63-65-67-69-76(81)87-74(73-86-78(77(82)83)84-71-70-79(3,4)5)72-85-75(80)68-66-64-62-60-58-56-54-52-50-48-46-44-42-33-31-29-27-25-23-21-19-17-15-13-11-9-7-2/h8-11,14-17,20-23,26-29,32-34,36-37,39-40,42-43,45-46,48-49,51,55,57,74,78H,6-7,12-13,18-19,24-25,30-31,35,38,41,44,47,50,52-54,56,58-73H2,1-5H3/p+1/b10-8-,11-9-,16-14-,17-15-,22-20-,23-21-,28-26-,29-27-,34-32-,37-36-,40-39-,42-33-,45-43-,48-46-,51-49-,57-55-. The highest BCUT2D eigenvalue weighted by Gasteiger charge is 2.25. The summed E-state index contributed by atoms with van der Waals surface area (Å²) in [5.41, 5.74) is 0. The minimum absolute atomic E-state index is 0.169. The number of carbonyl (C=O) groups excluding carboxylic acids is 2. The first-order valence-electron chi connectivity index (χ1n) is 33.6. The van der Waals surface area contributed by atoms with Crippen LogP contribution in [-0.2, 0) is 33.3 Å². The van der Waals surface area contributed by atoms with E-state index in [1.165, 1.54) is 25.7 Å². The number of ether oxygens (including phenoxy) is 4. The Bertz CT molecular complexity index is 2130. The molecule has 2 atom stereocenters. The summed E-state index contributed by atoms with van der Waals surface area (Å²) in [7, 11) is 5.94. The fourth-order valence-corrected chi connectivity index (χ4v) is 8.28. The SMILES string of the molecule is CC/C=C\C/C=C\C/C=C\C/C=C\C/C=C\C/C=C\C/C=C\C/C=C\C/C=C\C/C=C\CCCCCCC(=O)OC(COC(=O)CCCCCCCCCC/C=C\C/C=C\C/C=C\C/C=C\C/C=C\C/C=C\CC)COC(OCC[N+](C)(C)C)C(=O)O. The van der Waals surface area contributed by atoms with Gasteiger partial charge in [0.1, 0.15) is 13.2 Å². The highest BCUT2D eigenvalue weighted by Crippen LogP contribution is 2.14. The number of rotatable bonds is 59. The summed E-state index contributed by atoms with van der Waals surface area (Å²) in [6, 6.07) is 0. The van der Waals surface area contributed by atoms with Crippen LogP contribution in [0.3, 0.4) is 0 Å². The molecule has 0 amide bonds. The molecule has 0 heterocycles. The van der Waals surface area contributed by atoms with Gasteiger partial charge >= 0.3 is 17.9 Å². The van der Waals surface area contributed by atoms with E-state index in [1.807, 2.05) is 21.1 Å². The molecule has 486 valence electrons. The van der Waals surface area contributed by atoms with Crippen LogP contribution in [0.4, 0.5) is 0 Å². The van der Waals surface area contributed by atoms with Crippen LogP contribution in [0, 0.1) is 0 Å². The van der Waals surface area contributed by atoms with Gasteiger partial charge in [-0.1, -0.05) is 260 Å². The van der Waals surface area contributed by atoms with E-state index in [2.05, 4.69) is 208 Å². The van der Waals surface area contributed by atoms with Gasteiger partial charge < -0.3 is 28.5 Å². The number of allylic oxidation sites excluding steroid dienone is 32. The lowest BCUT2D eigenvalue weighted by Gasteiger charge is -2.25. The molecule has 0 rings (SSSR count). The Morgan fingerprint density at radius 2 is 0.621 bits per heavy atom. The van der Waals surface area contributed by atoms with Crippen molar-refractivity contribution >= 4 is 17.9 Å². The van der Waals surface area contributed by atoms with Gasteiger partial charge in [0.2, 0.25) is 0 Å². The number of likely N-dealkylation sites (N-methyl/N-ethyl adjacent to an activating group) is 1. The predicted molar refractivity (Wildman–Crippen MR) is 372 cm³/mol. The third-order valence-electron chi connectivity index (χ3n) is 13.3. The number of carboxylic acid groups (broad SMARTS) is 1. The molecular formula is C78H122NO8+. The highest BCUT2D eigenvalue weighted by molar-refractivity contribution is 5.71. The van der Waals surface area contributed by atoms with Crippen molar-refractivity contribution in [3.8, 4) is 0 Å². The lowest BCUT2D eigenvalue weighted by molar-refractivity contribution is -0.870. The van der Waals surface area contributed by atoms with Gasteiger partial charge in [-0.25, -0.2) is 4.79 Å². The maximum absolute atomic E-state index is 12.9. The molecule has 0 aliphatic rings. The summed E-state index contributed by atoms with van der Waals surface area (Å²) < 4.78 is 22.9. The maximum atomic E-state index is 12.9. The van der Waals surface area contributed by atoms with Crippen LogP contribution in [0.15, 0.2) is 194 Å². The number of unbranched alkanes of at least 4 members (excludes halogenated alkanes) is 12. The molecule has 0 spiro atoms. The van der Waals surface area contributed by atoms with E-state index in [0.29, 0.717) is 17.4 Å². The molecule has 0 aliphatic heterocycles. The minimum Gasteiger partial charge on any atom is -0.477 e. The van der Waals surface area contributed by atoms with Crippen molar-refractivity contribution in [2.45, 2.75) is 232 Å². The van der Waals surface area contributed by atoms with Crippen molar-refractivity contribution in [2.75, 3.05) is 47.5 Å². The number of hydrogen-bond donors (Lipinski definition) is 1. The average molecular weight is 1200 g/mol. The number of quaternary nitrogens is 1. The van der Waals surface area contributed by atoms with E-state index in [-0.39, 0.29) is 38.6 Å². The molecule has 0 aromatic carbocycles. The van der Waals surface area contributed by atoms with E-state index < -0.39 is 24.3 Å². The monoisotopic (exact) mass is 1200 g/mol. The van der Waals surface area contributed by atoms with Gasteiger partial charge in [0.05, 0.1) is 34.4 Å². The van der Waals surface area contributed by atoms with Crippen LogP contribution in [0.25, 0.3) is 0 Å². The van der Waals surface area contributed by atoms with Crippen molar-refractivity contribution in [2.24, 2.45) is 0 Å². The minimum atomic E-state index is -1.53. The lowest BCUT2D eigenvalue weighted by atomic mass is 10.1. The maximum Gasteiger partial charge on any atom is 0.361 e. The molecule has 0 fully saturated rings. The smallest absolute Gasteiger partial charge is 0.361 e. The quantitative estimate of drug-likeness (QED) is 0.0211. The summed E-state index contributed by atoms with van der Waals surface area (Å²) in [5.74, 6) is -2.08. The zero-order valence-corrected chi connectivity index (χ0v) is 55.3. The van der Waals surface area contributed by atoms with Crippen molar-refractivity contribution in [1.29, 1.82) is 0 Å². The second-order valence-electron chi connectivity index (χ2n) is 22.7. The first kappa shape index (κ1) is 81.1. The van der Waals surface area contributed by atoms with E-state index >= 15 is 0 Å². The van der Waals surface area contributed by atoms with Crippen molar-refractivity contribution in [3.63, 3.8) is 0 Å². The molecule has 9 heteroatoms. The van der Waals surface area contributed by atoms with Crippen molar-refractivity contribution < 1.29 is 42.9 Å². The van der Waals surface area contributed by atoms with Crippen LogP contribution < -0.4 is 0 Å². The summed E-state index contributed by atoms with van der Waals surface area (Å²) >= 11 is 0. The first-order chi connectivity index (χ1) is 42.6. The lowest BCUT2D eigenvalue weighted by Crippen LogP contribution is -2.40. The van der Waals surface area contributed by atoms with Gasteiger partial charge in [0.25, 0.3) is 6.29 Å². The van der Waals surface area contributed by atoms with Gasteiger partial charge in [0.15, 0.2) is 6.10 Å². The third-order valence-corrected chi connectivity index (χ3v) is 13.3. The van der Waals surface area contributed by atoms with Gasteiger partial charge in [-0.3, -0.25) is 9.59 Å². The average Bonchev–Trinajstić information content (AvgIpc) is 3.56. The normalized spacial score (nSPS) is 14.0. The fraction of sp³-hybridized carbons (Fsp3) is 0.551. The van der Waals surface area contributed by atoms with Gasteiger partial charge in [-0.05, 0) is 141 Å². The molecule has 1 N–H and O–H groups in total. The Labute approximate surface area is 532 Å². The highest BCUT2D eigenvalue weighted by atomic mass is 16.7. The summed E-state index contributed by atoms with van der Waals surface area (Å²) in [6.45, 7) is 4.58. The number of hydrogen-bond acceptors (Lipinski definition) is 7. The molecule has 0 radical (unpaired) electrons. The van der Waals surface area contributed by atoms with Crippen molar-refractivity contribution in [3.05, 3.63) is 194 Å². The number of nitrogens with zero attached hydrogens (tertiary/aromatic N) is 1. The topological polar surface area (TPSA) is 108 Å². The van der Waals surface area contributed by atoms with E-state index in [4.69, 9.17) is 18.9 Å². The number of esters is 2. The predicted octanol–water partition coefficient (Wildman–Crippen LogP) is 21.0. The number of aliphatic carboxylic acids is 1. The Balaban J connectivity index is 4.32. The Morgan fingerprint density at radius 1 is 0.345 bits per heavy atom. The molecule has 0 aromatic rings. The van der Waals surface area contributed by atoms with Crippen LogP contribution in [0.1, 0.15) is 219 Å². The van der Waals surface area contributed by atoms with Crippen LogP contribution in [-0.4, -0.2) is 87.4 Å². The molecule has 9 nitrogen and oxygen atoms in total. The second kappa shape index (κ2) is 66.1. The largest absolute Gasteiger partial charge is 0.477 e. The number of carboxylic acids is 1. The molecule has 0 aromatic heterocycles. The second-order valence-corrected chi connectivity index (χ2v) is 22.7. The van der Waals surface area contributed by atoms with E-state index in [9.17, 15) is 19.5 Å². The van der Waals surface area contributed by atoms with Crippen LogP contribution in [0.2, 0.25) is 0 Å². The Morgan fingerprint density at radius 3 is 0.920 bits per heavy atom. The molecule has 0 bridgehead atoms. The number of carbonyl (C=O) groups is 3. The summed E-state index contributed by atoms with van der Waals surface area (Å²) in [5, 5.41) is 9.74. The van der Waals surface area contributed by atoms with Crippen LogP contribution in [0.5, 0.6) is 0 Å². The Hall–Kier alpha value is -5.87. The zero-order valence-electron chi connectivity index (χ0n) is 55.3. The van der Waals surface area contributed by atoms with Gasteiger partial charge in [0, 0.05) is 12.8 Å². The van der Waals surface area contributed by atoms with Crippen molar-refractivity contribution in [1.82, 2.24) is 0 Å². The van der Waals surface area contributed by atoms with E-state index in [0.717, 1.165) is 161 Å². The third kappa shape index (κ3) is 67.5. The molecule has 0 aliphatic carbocycles. The molecule has 0 saturated heterocycles. The van der Waals surface area contributed by atoms with Crippen LogP contribution >= 0.6 is 0 Å².